The van der Waals surface area contributed by atoms with Gasteiger partial charge in [0.25, 0.3) is 5.91 Å². The Morgan fingerprint density at radius 2 is 2.18 bits per heavy atom. The number of hydrogen-bond acceptors (Lipinski definition) is 6. The van der Waals surface area contributed by atoms with Gasteiger partial charge in [-0.15, -0.1) is 0 Å². The zero-order chi connectivity index (χ0) is 16.5. The van der Waals surface area contributed by atoms with Gasteiger partial charge >= 0.3 is 5.97 Å². The minimum atomic E-state index is -0.785. The molecule has 0 aliphatic carbocycles. The van der Waals surface area contributed by atoms with Crippen LogP contribution in [-0.2, 0) is 9.53 Å². The number of carbonyl (C=O) groups excluding carboxylic acids is 2. The first-order valence-corrected chi connectivity index (χ1v) is 6.58. The molecule has 0 radical (unpaired) electrons. The number of hydrazine groups is 1. The predicted molar refractivity (Wildman–Crippen MR) is 78.9 cm³/mol. The van der Waals surface area contributed by atoms with E-state index in [1.54, 1.807) is 25.1 Å². The summed E-state index contributed by atoms with van der Waals surface area (Å²) < 4.78 is 9.72. The van der Waals surface area contributed by atoms with Gasteiger partial charge in [-0.1, -0.05) is 11.6 Å². The molecule has 0 fully saturated rings. The highest BCUT2D eigenvalue weighted by molar-refractivity contribution is 6.31. The maximum Gasteiger partial charge on any atom is 0.350 e. The van der Waals surface area contributed by atoms with E-state index in [4.69, 9.17) is 21.6 Å². The van der Waals surface area contributed by atoms with E-state index in [1.807, 2.05) is 0 Å². The summed E-state index contributed by atoms with van der Waals surface area (Å²) in [7, 11) is 1.42. The van der Waals surface area contributed by atoms with Crippen molar-refractivity contribution in [1.29, 1.82) is 5.26 Å². The molecule has 116 valence electrons. The molecule has 1 aromatic carbocycles. The fourth-order valence-corrected chi connectivity index (χ4v) is 1.62. The first-order chi connectivity index (χ1) is 10.5. The number of methoxy groups -OCH3 is 1. The third-order valence-corrected chi connectivity index (χ3v) is 2.66. The van der Waals surface area contributed by atoms with Gasteiger partial charge in [0.15, 0.2) is 5.57 Å². The van der Waals surface area contributed by atoms with E-state index in [1.165, 1.54) is 13.2 Å². The smallest absolute Gasteiger partial charge is 0.350 e. The summed E-state index contributed by atoms with van der Waals surface area (Å²) in [6, 6.07) is 6.22. The van der Waals surface area contributed by atoms with Crippen molar-refractivity contribution in [2.24, 2.45) is 0 Å². The second-order valence-corrected chi connectivity index (χ2v) is 4.27. The van der Waals surface area contributed by atoms with Gasteiger partial charge in [-0.3, -0.25) is 10.2 Å². The summed E-state index contributed by atoms with van der Waals surface area (Å²) in [5.74, 6) is -0.998. The highest BCUT2D eigenvalue weighted by Crippen LogP contribution is 2.22. The van der Waals surface area contributed by atoms with E-state index in [0.29, 0.717) is 10.8 Å². The Labute approximate surface area is 132 Å². The van der Waals surface area contributed by atoms with Crippen LogP contribution in [0.1, 0.15) is 17.3 Å². The Morgan fingerprint density at radius 1 is 1.45 bits per heavy atom. The summed E-state index contributed by atoms with van der Waals surface area (Å²) in [5.41, 5.74) is 4.58. The van der Waals surface area contributed by atoms with E-state index in [0.717, 1.165) is 6.20 Å². The van der Waals surface area contributed by atoms with Gasteiger partial charge in [0.2, 0.25) is 0 Å². The summed E-state index contributed by atoms with van der Waals surface area (Å²) in [6.45, 7) is 1.76. The van der Waals surface area contributed by atoms with Crippen molar-refractivity contribution in [2.75, 3.05) is 13.7 Å². The molecular formula is C14H14ClN3O4. The van der Waals surface area contributed by atoms with Crippen molar-refractivity contribution in [3.8, 4) is 11.8 Å². The third kappa shape index (κ3) is 4.68. The highest BCUT2D eigenvalue weighted by atomic mass is 35.5. The van der Waals surface area contributed by atoms with E-state index in [2.05, 4.69) is 15.6 Å². The molecule has 2 N–H and O–H groups in total. The van der Waals surface area contributed by atoms with Gasteiger partial charge in [0.1, 0.15) is 11.8 Å². The maximum atomic E-state index is 12.0. The van der Waals surface area contributed by atoms with E-state index in [-0.39, 0.29) is 17.7 Å². The monoisotopic (exact) mass is 323 g/mol. The van der Waals surface area contributed by atoms with E-state index in [9.17, 15) is 9.59 Å². The molecule has 0 saturated carbocycles. The number of halogens is 1. The maximum absolute atomic E-state index is 12.0. The Kier molecular flexibility index (Phi) is 6.73. The average molecular weight is 324 g/mol. The van der Waals surface area contributed by atoms with Crippen molar-refractivity contribution >= 4 is 23.5 Å². The number of hydrogen-bond donors (Lipinski definition) is 2. The van der Waals surface area contributed by atoms with Crippen molar-refractivity contribution in [3.05, 3.63) is 40.6 Å². The molecule has 0 spiro atoms. The number of nitrogens with zero attached hydrogens (tertiary/aromatic N) is 1. The van der Waals surface area contributed by atoms with Crippen LogP contribution in [0, 0.1) is 11.3 Å². The third-order valence-electron chi connectivity index (χ3n) is 2.42. The average Bonchev–Trinajstić information content (AvgIpc) is 2.51. The molecule has 0 aromatic heterocycles. The zero-order valence-corrected chi connectivity index (χ0v) is 12.7. The van der Waals surface area contributed by atoms with Crippen LogP contribution in [0.3, 0.4) is 0 Å². The molecule has 0 aliphatic heterocycles. The number of esters is 1. The first kappa shape index (κ1) is 17.3. The van der Waals surface area contributed by atoms with Crippen LogP contribution in [0.4, 0.5) is 0 Å². The first-order valence-electron chi connectivity index (χ1n) is 6.20. The molecule has 1 amide bonds. The number of rotatable bonds is 6. The Balaban J connectivity index is 2.76. The normalized spacial score (nSPS) is 10.4. The van der Waals surface area contributed by atoms with E-state index >= 15 is 0 Å². The number of ether oxygens (including phenoxy) is 2. The van der Waals surface area contributed by atoms with Crippen molar-refractivity contribution in [3.63, 3.8) is 0 Å². The number of nitrogens with one attached hydrogen (secondary N) is 2. The molecule has 0 unspecified atom stereocenters. The van der Waals surface area contributed by atoms with Crippen LogP contribution in [0.25, 0.3) is 0 Å². The Morgan fingerprint density at radius 3 is 2.77 bits per heavy atom. The van der Waals surface area contributed by atoms with Gasteiger partial charge in [-0.25, -0.2) is 4.79 Å². The number of nitriles is 1. The van der Waals surface area contributed by atoms with Crippen molar-refractivity contribution < 1.29 is 19.1 Å². The van der Waals surface area contributed by atoms with E-state index < -0.39 is 11.9 Å². The fraction of sp³-hybridized carbons (Fsp3) is 0.214. The number of carbonyl (C=O) groups is 2. The molecule has 7 nitrogen and oxygen atoms in total. The predicted octanol–water partition coefficient (Wildman–Crippen LogP) is 1.55. The summed E-state index contributed by atoms with van der Waals surface area (Å²) >= 11 is 5.83. The lowest BCUT2D eigenvalue weighted by Gasteiger charge is -2.09. The van der Waals surface area contributed by atoms with Crippen LogP contribution in [0.5, 0.6) is 5.75 Å². The van der Waals surface area contributed by atoms with Crippen LogP contribution in [-0.4, -0.2) is 25.6 Å². The molecule has 8 heteroatoms. The lowest BCUT2D eigenvalue weighted by atomic mass is 10.2. The lowest BCUT2D eigenvalue weighted by molar-refractivity contribution is -0.138. The topological polar surface area (TPSA) is 100 Å². The number of amides is 1. The summed E-state index contributed by atoms with van der Waals surface area (Å²) in [6.07, 6.45) is 1.03. The second-order valence-electron chi connectivity index (χ2n) is 3.83. The standard InChI is InChI=1S/C14H14ClN3O4/c1-3-22-14(20)9(7-16)8-17-18-13(19)11-6-10(15)4-5-12(11)21-2/h4-6,8,17H,3H2,1-2H3,(H,18,19)/b9-8+. The van der Waals surface area contributed by atoms with Crippen LogP contribution >= 0.6 is 11.6 Å². The van der Waals surface area contributed by atoms with Gasteiger partial charge in [-0.2, -0.15) is 5.26 Å². The van der Waals surface area contributed by atoms with Gasteiger partial charge in [0, 0.05) is 11.2 Å². The van der Waals surface area contributed by atoms with Crippen LogP contribution in [0.15, 0.2) is 30.0 Å². The lowest BCUT2D eigenvalue weighted by Crippen LogP contribution is -2.34. The Bertz CT molecular complexity index is 637. The molecule has 0 bridgehead atoms. The van der Waals surface area contributed by atoms with Gasteiger partial charge in [-0.05, 0) is 25.1 Å². The highest BCUT2D eigenvalue weighted by Gasteiger charge is 2.13. The van der Waals surface area contributed by atoms with Crippen molar-refractivity contribution in [1.82, 2.24) is 10.9 Å². The van der Waals surface area contributed by atoms with Crippen molar-refractivity contribution in [2.45, 2.75) is 6.92 Å². The molecule has 1 aromatic rings. The van der Waals surface area contributed by atoms with Crippen LogP contribution in [0.2, 0.25) is 5.02 Å². The molecule has 22 heavy (non-hydrogen) atoms. The molecule has 0 aliphatic rings. The minimum Gasteiger partial charge on any atom is -0.496 e. The zero-order valence-electron chi connectivity index (χ0n) is 12.0. The Hall–Kier alpha value is -2.72. The molecule has 0 heterocycles. The van der Waals surface area contributed by atoms with Gasteiger partial charge < -0.3 is 14.9 Å². The van der Waals surface area contributed by atoms with Gasteiger partial charge in [0.05, 0.1) is 19.3 Å². The van der Waals surface area contributed by atoms with Crippen LogP contribution < -0.4 is 15.6 Å². The quantitative estimate of drug-likeness (QED) is 0.356. The molecular weight excluding hydrogens is 310 g/mol. The second kappa shape index (κ2) is 8.54. The SMILES string of the molecule is CCOC(=O)/C(C#N)=C/NNC(=O)c1cc(Cl)ccc1OC. The molecule has 0 saturated heterocycles. The fourth-order valence-electron chi connectivity index (χ4n) is 1.44. The summed E-state index contributed by atoms with van der Waals surface area (Å²) in [5, 5.41) is 9.18. The largest absolute Gasteiger partial charge is 0.496 e. The minimum absolute atomic E-state index is 0.143. The molecule has 1 rings (SSSR count). The molecule has 0 atom stereocenters. The number of benzene rings is 1. The summed E-state index contributed by atoms with van der Waals surface area (Å²) in [4.78, 5) is 23.4.